The maximum Gasteiger partial charge on any atom is 0.251 e. The topological polar surface area (TPSA) is 50.8 Å². The van der Waals surface area contributed by atoms with Gasteiger partial charge in [-0.05, 0) is 64.0 Å². The smallest absolute Gasteiger partial charge is 0.251 e. The van der Waals surface area contributed by atoms with Gasteiger partial charge in [-0.3, -0.25) is 4.79 Å². The highest BCUT2D eigenvalue weighted by molar-refractivity contribution is 5.94. The third-order valence-electron chi connectivity index (χ3n) is 3.86. The summed E-state index contributed by atoms with van der Waals surface area (Å²) in [5, 5.41) is 2.96. The second-order valence-corrected chi connectivity index (χ2v) is 5.46. The van der Waals surface area contributed by atoms with Gasteiger partial charge in [0, 0.05) is 12.1 Å². The number of nitrogens with one attached hydrogen (secondary N) is 1. The second kappa shape index (κ2) is 8.63. The molecular weight excluding hydrogens is 280 g/mol. The highest BCUT2D eigenvalue weighted by Crippen LogP contribution is 2.27. The SMILES string of the molecule is CCOc1ccc(C(=O)NCCCN2CCCC2)cc1OC. The van der Waals surface area contributed by atoms with E-state index in [0.29, 0.717) is 30.2 Å². The molecule has 1 aromatic rings. The molecule has 0 atom stereocenters. The molecule has 0 unspecified atom stereocenters. The van der Waals surface area contributed by atoms with E-state index >= 15 is 0 Å². The lowest BCUT2D eigenvalue weighted by molar-refractivity contribution is 0.0951. The average molecular weight is 306 g/mol. The summed E-state index contributed by atoms with van der Waals surface area (Å²) in [6.07, 6.45) is 3.59. The number of amides is 1. The van der Waals surface area contributed by atoms with Crippen molar-refractivity contribution in [3.05, 3.63) is 23.8 Å². The number of benzene rings is 1. The molecule has 0 bridgehead atoms. The van der Waals surface area contributed by atoms with Crippen molar-refractivity contribution in [1.82, 2.24) is 10.2 Å². The van der Waals surface area contributed by atoms with E-state index in [9.17, 15) is 4.79 Å². The fourth-order valence-electron chi connectivity index (χ4n) is 2.70. The van der Waals surface area contributed by atoms with Gasteiger partial charge in [0.2, 0.25) is 0 Å². The van der Waals surface area contributed by atoms with E-state index in [0.717, 1.165) is 13.0 Å². The van der Waals surface area contributed by atoms with E-state index < -0.39 is 0 Å². The van der Waals surface area contributed by atoms with Crippen molar-refractivity contribution < 1.29 is 14.3 Å². The summed E-state index contributed by atoms with van der Waals surface area (Å²) in [7, 11) is 1.58. The van der Waals surface area contributed by atoms with Crippen molar-refractivity contribution in [2.24, 2.45) is 0 Å². The Morgan fingerprint density at radius 3 is 2.73 bits per heavy atom. The maximum absolute atomic E-state index is 12.2. The van der Waals surface area contributed by atoms with Crippen molar-refractivity contribution in [1.29, 1.82) is 0 Å². The molecule has 5 nitrogen and oxygen atoms in total. The highest BCUT2D eigenvalue weighted by Gasteiger charge is 2.12. The van der Waals surface area contributed by atoms with Gasteiger partial charge in [0.25, 0.3) is 5.91 Å². The minimum absolute atomic E-state index is 0.0669. The molecule has 0 radical (unpaired) electrons. The number of carbonyl (C=O) groups excluding carboxylic acids is 1. The molecule has 0 spiro atoms. The molecule has 122 valence electrons. The molecule has 1 aliphatic rings. The zero-order valence-corrected chi connectivity index (χ0v) is 13.6. The Bertz CT molecular complexity index is 485. The third kappa shape index (κ3) is 4.63. The van der Waals surface area contributed by atoms with Crippen LogP contribution in [0.2, 0.25) is 0 Å². The van der Waals surface area contributed by atoms with Crippen LogP contribution >= 0.6 is 0 Å². The largest absolute Gasteiger partial charge is 0.493 e. The molecule has 0 aromatic heterocycles. The lowest BCUT2D eigenvalue weighted by atomic mass is 10.2. The quantitative estimate of drug-likeness (QED) is 0.749. The maximum atomic E-state index is 12.2. The van der Waals surface area contributed by atoms with Gasteiger partial charge in [-0.1, -0.05) is 0 Å². The Morgan fingerprint density at radius 1 is 1.27 bits per heavy atom. The van der Waals surface area contributed by atoms with Crippen molar-refractivity contribution in [3.8, 4) is 11.5 Å². The summed E-state index contributed by atoms with van der Waals surface area (Å²) in [5.74, 6) is 1.19. The van der Waals surface area contributed by atoms with Gasteiger partial charge in [0.15, 0.2) is 11.5 Å². The van der Waals surface area contributed by atoms with E-state index in [1.165, 1.54) is 25.9 Å². The molecule has 1 N–H and O–H groups in total. The molecule has 1 saturated heterocycles. The first-order valence-electron chi connectivity index (χ1n) is 8.06. The lowest BCUT2D eigenvalue weighted by Gasteiger charge is -2.14. The molecule has 1 aliphatic heterocycles. The average Bonchev–Trinajstić information content (AvgIpc) is 3.05. The summed E-state index contributed by atoms with van der Waals surface area (Å²) in [4.78, 5) is 14.6. The highest BCUT2D eigenvalue weighted by atomic mass is 16.5. The predicted octanol–water partition coefficient (Wildman–Crippen LogP) is 2.31. The first-order chi connectivity index (χ1) is 10.7. The van der Waals surface area contributed by atoms with Crippen molar-refractivity contribution in [3.63, 3.8) is 0 Å². The van der Waals surface area contributed by atoms with Gasteiger partial charge < -0.3 is 19.7 Å². The van der Waals surface area contributed by atoms with Crippen LogP contribution in [0.4, 0.5) is 0 Å². The molecule has 1 amide bonds. The first-order valence-corrected chi connectivity index (χ1v) is 8.06. The normalized spacial score (nSPS) is 14.8. The van der Waals surface area contributed by atoms with E-state index in [2.05, 4.69) is 10.2 Å². The monoisotopic (exact) mass is 306 g/mol. The Balaban J connectivity index is 1.81. The van der Waals surface area contributed by atoms with Crippen molar-refractivity contribution in [2.45, 2.75) is 26.2 Å². The van der Waals surface area contributed by atoms with Crippen molar-refractivity contribution in [2.75, 3.05) is 39.9 Å². The Hall–Kier alpha value is -1.75. The third-order valence-corrected chi connectivity index (χ3v) is 3.86. The minimum atomic E-state index is -0.0669. The first kappa shape index (κ1) is 16.6. The fraction of sp³-hybridized carbons (Fsp3) is 0.588. The molecule has 2 rings (SSSR count). The van der Waals surface area contributed by atoms with E-state index in [1.807, 2.05) is 6.92 Å². The van der Waals surface area contributed by atoms with Crippen LogP contribution in [0.1, 0.15) is 36.5 Å². The molecule has 22 heavy (non-hydrogen) atoms. The van der Waals surface area contributed by atoms with Crippen LogP contribution in [0, 0.1) is 0 Å². The number of hydrogen-bond acceptors (Lipinski definition) is 4. The van der Waals surface area contributed by atoms with Crippen LogP contribution in [0.25, 0.3) is 0 Å². The summed E-state index contributed by atoms with van der Waals surface area (Å²) < 4.78 is 10.7. The van der Waals surface area contributed by atoms with Gasteiger partial charge in [-0.2, -0.15) is 0 Å². The lowest BCUT2D eigenvalue weighted by Crippen LogP contribution is -2.28. The van der Waals surface area contributed by atoms with E-state index in [1.54, 1.807) is 25.3 Å². The zero-order chi connectivity index (χ0) is 15.8. The summed E-state index contributed by atoms with van der Waals surface area (Å²) >= 11 is 0. The number of ether oxygens (including phenoxy) is 2. The summed E-state index contributed by atoms with van der Waals surface area (Å²) in [6.45, 7) is 6.64. The molecular formula is C17H26N2O3. The number of carbonyl (C=O) groups is 1. The van der Waals surface area contributed by atoms with Gasteiger partial charge in [0.1, 0.15) is 0 Å². The van der Waals surface area contributed by atoms with Crippen LogP contribution in [-0.4, -0.2) is 50.7 Å². The van der Waals surface area contributed by atoms with Gasteiger partial charge >= 0.3 is 0 Å². The second-order valence-electron chi connectivity index (χ2n) is 5.46. The molecule has 1 heterocycles. The summed E-state index contributed by atoms with van der Waals surface area (Å²) in [5.41, 5.74) is 0.599. The van der Waals surface area contributed by atoms with Gasteiger partial charge in [-0.25, -0.2) is 0 Å². The molecule has 0 saturated carbocycles. The molecule has 0 aliphatic carbocycles. The number of likely N-dealkylation sites (tertiary alicyclic amines) is 1. The minimum Gasteiger partial charge on any atom is -0.493 e. The van der Waals surface area contributed by atoms with Crippen LogP contribution in [0.3, 0.4) is 0 Å². The van der Waals surface area contributed by atoms with E-state index in [4.69, 9.17) is 9.47 Å². The molecule has 5 heteroatoms. The number of nitrogens with zero attached hydrogens (tertiary/aromatic N) is 1. The van der Waals surface area contributed by atoms with Crippen LogP contribution in [-0.2, 0) is 0 Å². The Morgan fingerprint density at radius 2 is 2.05 bits per heavy atom. The number of rotatable bonds is 8. The number of methoxy groups -OCH3 is 1. The van der Waals surface area contributed by atoms with E-state index in [-0.39, 0.29) is 5.91 Å². The Kier molecular flexibility index (Phi) is 6.52. The predicted molar refractivity (Wildman–Crippen MR) is 86.8 cm³/mol. The van der Waals surface area contributed by atoms with Gasteiger partial charge in [0.05, 0.1) is 13.7 Å². The fourth-order valence-corrected chi connectivity index (χ4v) is 2.70. The van der Waals surface area contributed by atoms with Crippen LogP contribution in [0.5, 0.6) is 11.5 Å². The zero-order valence-electron chi connectivity index (χ0n) is 13.6. The number of hydrogen-bond donors (Lipinski definition) is 1. The summed E-state index contributed by atoms with van der Waals surface area (Å²) in [6, 6.07) is 5.27. The molecule has 1 aromatic carbocycles. The van der Waals surface area contributed by atoms with Crippen LogP contribution < -0.4 is 14.8 Å². The van der Waals surface area contributed by atoms with Crippen molar-refractivity contribution >= 4 is 5.91 Å². The van der Waals surface area contributed by atoms with Gasteiger partial charge in [-0.15, -0.1) is 0 Å². The molecule has 1 fully saturated rings. The Labute approximate surface area is 132 Å². The van der Waals surface area contributed by atoms with Crippen LogP contribution in [0.15, 0.2) is 18.2 Å². The standard InChI is InChI=1S/C17H26N2O3/c1-3-22-15-8-7-14(13-16(15)21-2)17(20)18-9-6-12-19-10-4-5-11-19/h7-8,13H,3-6,9-12H2,1-2H3,(H,18,20).